The zero-order chi connectivity index (χ0) is 10.5. The third kappa shape index (κ3) is 2.44. The topological polar surface area (TPSA) is 61.7 Å². The average Bonchev–Trinajstić information content (AvgIpc) is 2.88. The normalized spacial score (nSPS) is 10.7. The second-order valence-corrected chi connectivity index (χ2v) is 3.40. The summed E-state index contributed by atoms with van der Waals surface area (Å²) in [5.41, 5.74) is 5.56. The summed E-state index contributed by atoms with van der Waals surface area (Å²) in [5.74, 6) is 0.945. The van der Waals surface area contributed by atoms with Crippen LogP contribution >= 0.6 is 0 Å². The van der Waals surface area contributed by atoms with Gasteiger partial charge in [-0.2, -0.15) is 0 Å². The van der Waals surface area contributed by atoms with Gasteiger partial charge < -0.3 is 14.9 Å². The average molecular weight is 205 g/mol. The maximum Gasteiger partial charge on any atom is 0.122 e. The van der Waals surface area contributed by atoms with Crippen LogP contribution < -0.4 is 5.73 Å². The van der Waals surface area contributed by atoms with Crippen molar-refractivity contribution in [3.8, 4) is 0 Å². The van der Waals surface area contributed by atoms with E-state index >= 15 is 0 Å². The summed E-state index contributed by atoms with van der Waals surface area (Å²) in [6.07, 6.45) is 10.4. The molecule has 0 saturated carbocycles. The van der Waals surface area contributed by atoms with Gasteiger partial charge in [0.15, 0.2) is 0 Å². The molecule has 0 saturated heterocycles. The monoisotopic (exact) mass is 205 g/mol. The molecule has 0 aromatic carbocycles. The molecule has 5 nitrogen and oxygen atoms in total. The SMILES string of the molecule is NCc1nccn1CCCn1ccnc1. The molecule has 0 aliphatic carbocycles. The summed E-state index contributed by atoms with van der Waals surface area (Å²) in [6, 6.07) is 0. The van der Waals surface area contributed by atoms with E-state index in [4.69, 9.17) is 5.73 Å². The lowest BCUT2D eigenvalue weighted by Gasteiger charge is -2.06. The zero-order valence-electron chi connectivity index (χ0n) is 8.58. The van der Waals surface area contributed by atoms with E-state index in [9.17, 15) is 0 Å². The van der Waals surface area contributed by atoms with Crippen LogP contribution in [0.2, 0.25) is 0 Å². The van der Waals surface area contributed by atoms with Gasteiger partial charge in [-0.3, -0.25) is 0 Å². The van der Waals surface area contributed by atoms with Crippen LogP contribution in [-0.2, 0) is 19.6 Å². The number of aromatic nitrogens is 4. The number of rotatable bonds is 5. The van der Waals surface area contributed by atoms with Gasteiger partial charge in [0.05, 0.1) is 12.9 Å². The maximum atomic E-state index is 5.56. The van der Waals surface area contributed by atoms with Crippen LogP contribution in [0.1, 0.15) is 12.2 Å². The molecule has 15 heavy (non-hydrogen) atoms. The minimum absolute atomic E-state index is 0.498. The van der Waals surface area contributed by atoms with Crippen LogP contribution in [0.25, 0.3) is 0 Å². The highest BCUT2D eigenvalue weighted by atomic mass is 15.1. The molecule has 2 heterocycles. The van der Waals surface area contributed by atoms with Crippen molar-refractivity contribution in [3.63, 3.8) is 0 Å². The summed E-state index contributed by atoms with van der Waals surface area (Å²) in [6.45, 7) is 2.42. The Morgan fingerprint density at radius 3 is 2.87 bits per heavy atom. The smallest absolute Gasteiger partial charge is 0.122 e. The molecular weight excluding hydrogens is 190 g/mol. The van der Waals surface area contributed by atoms with Crippen molar-refractivity contribution in [1.29, 1.82) is 0 Å². The predicted molar refractivity (Wildman–Crippen MR) is 57.0 cm³/mol. The van der Waals surface area contributed by atoms with Crippen molar-refractivity contribution in [2.45, 2.75) is 26.1 Å². The first-order valence-electron chi connectivity index (χ1n) is 5.06. The highest BCUT2D eigenvalue weighted by Crippen LogP contribution is 2.00. The first kappa shape index (κ1) is 9.92. The van der Waals surface area contributed by atoms with Crippen molar-refractivity contribution in [3.05, 3.63) is 36.9 Å². The molecule has 0 fully saturated rings. The van der Waals surface area contributed by atoms with E-state index in [0.29, 0.717) is 6.54 Å². The molecular formula is C10H15N5. The molecule has 2 rings (SSSR count). The van der Waals surface area contributed by atoms with Crippen LogP contribution in [-0.4, -0.2) is 19.1 Å². The lowest BCUT2D eigenvalue weighted by atomic mass is 10.4. The fourth-order valence-corrected chi connectivity index (χ4v) is 1.58. The Morgan fingerprint density at radius 1 is 1.20 bits per heavy atom. The Kier molecular flexibility index (Phi) is 3.14. The van der Waals surface area contributed by atoms with Crippen molar-refractivity contribution in [1.82, 2.24) is 19.1 Å². The molecule has 2 aromatic heterocycles. The lowest BCUT2D eigenvalue weighted by Crippen LogP contribution is -2.09. The van der Waals surface area contributed by atoms with Crippen molar-refractivity contribution >= 4 is 0 Å². The van der Waals surface area contributed by atoms with Crippen LogP contribution in [0, 0.1) is 0 Å². The summed E-state index contributed by atoms with van der Waals surface area (Å²) >= 11 is 0. The second kappa shape index (κ2) is 4.75. The molecule has 0 atom stereocenters. The van der Waals surface area contributed by atoms with Gasteiger partial charge >= 0.3 is 0 Å². The van der Waals surface area contributed by atoms with Crippen LogP contribution in [0.3, 0.4) is 0 Å². The fourth-order valence-electron chi connectivity index (χ4n) is 1.58. The van der Waals surface area contributed by atoms with Gasteiger partial charge in [-0.15, -0.1) is 0 Å². The Morgan fingerprint density at radius 2 is 2.13 bits per heavy atom. The number of imidazole rings is 2. The molecule has 0 aliphatic heterocycles. The quantitative estimate of drug-likeness (QED) is 0.778. The molecule has 0 radical (unpaired) electrons. The number of aryl methyl sites for hydroxylation is 2. The first-order valence-corrected chi connectivity index (χ1v) is 5.06. The summed E-state index contributed by atoms with van der Waals surface area (Å²) < 4.78 is 4.16. The third-order valence-electron chi connectivity index (χ3n) is 2.36. The Balaban J connectivity index is 1.83. The fraction of sp³-hybridized carbons (Fsp3) is 0.400. The van der Waals surface area contributed by atoms with Crippen LogP contribution in [0.15, 0.2) is 31.1 Å². The van der Waals surface area contributed by atoms with Gasteiger partial charge in [0.1, 0.15) is 5.82 Å². The maximum absolute atomic E-state index is 5.56. The number of hydrogen-bond donors (Lipinski definition) is 1. The summed E-state index contributed by atoms with van der Waals surface area (Å²) in [7, 11) is 0. The molecule has 0 unspecified atom stereocenters. The Bertz CT molecular complexity index is 390. The Labute approximate surface area is 88.6 Å². The third-order valence-corrected chi connectivity index (χ3v) is 2.36. The molecule has 80 valence electrons. The van der Waals surface area contributed by atoms with E-state index in [-0.39, 0.29) is 0 Å². The van der Waals surface area contributed by atoms with E-state index < -0.39 is 0 Å². The van der Waals surface area contributed by atoms with Crippen molar-refractivity contribution in [2.24, 2.45) is 5.73 Å². The minimum atomic E-state index is 0.498. The van der Waals surface area contributed by atoms with Crippen molar-refractivity contribution < 1.29 is 0 Å². The number of nitrogens with two attached hydrogens (primary N) is 1. The predicted octanol–water partition coefficient (Wildman–Crippen LogP) is 0.629. The van der Waals surface area contributed by atoms with Gasteiger partial charge in [-0.25, -0.2) is 9.97 Å². The van der Waals surface area contributed by atoms with Gasteiger partial charge in [-0.05, 0) is 6.42 Å². The van der Waals surface area contributed by atoms with Crippen LogP contribution in [0.5, 0.6) is 0 Å². The highest BCUT2D eigenvalue weighted by Gasteiger charge is 1.99. The van der Waals surface area contributed by atoms with E-state index in [1.165, 1.54) is 0 Å². The lowest BCUT2D eigenvalue weighted by molar-refractivity contribution is 0.548. The summed E-state index contributed by atoms with van der Waals surface area (Å²) in [5, 5.41) is 0. The van der Waals surface area contributed by atoms with E-state index in [0.717, 1.165) is 25.3 Å². The number of nitrogens with zero attached hydrogens (tertiary/aromatic N) is 4. The molecule has 0 amide bonds. The molecule has 2 aromatic rings. The summed E-state index contributed by atoms with van der Waals surface area (Å²) in [4.78, 5) is 8.16. The van der Waals surface area contributed by atoms with E-state index in [2.05, 4.69) is 19.1 Å². The van der Waals surface area contributed by atoms with Gasteiger partial charge in [0.25, 0.3) is 0 Å². The highest BCUT2D eigenvalue weighted by molar-refractivity contribution is 4.91. The van der Waals surface area contributed by atoms with E-state index in [1.807, 2.05) is 18.7 Å². The molecule has 5 heteroatoms. The second-order valence-electron chi connectivity index (χ2n) is 3.40. The molecule has 0 spiro atoms. The minimum Gasteiger partial charge on any atom is -0.337 e. The largest absolute Gasteiger partial charge is 0.337 e. The number of hydrogen-bond acceptors (Lipinski definition) is 3. The molecule has 0 bridgehead atoms. The van der Waals surface area contributed by atoms with E-state index in [1.54, 1.807) is 12.4 Å². The Hall–Kier alpha value is -1.62. The molecule has 2 N–H and O–H groups in total. The molecule has 0 aliphatic rings. The van der Waals surface area contributed by atoms with Crippen LogP contribution in [0.4, 0.5) is 0 Å². The van der Waals surface area contributed by atoms with Crippen molar-refractivity contribution in [2.75, 3.05) is 0 Å². The first-order chi connectivity index (χ1) is 7.40. The zero-order valence-corrected chi connectivity index (χ0v) is 8.58. The van der Waals surface area contributed by atoms with Gasteiger partial charge in [0, 0.05) is 37.9 Å². The van der Waals surface area contributed by atoms with Gasteiger partial charge in [-0.1, -0.05) is 0 Å². The standard InChI is InChI=1S/C10H15N5/c11-8-10-13-3-7-15(10)5-1-4-14-6-2-12-9-14/h2-3,6-7,9H,1,4-5,8,11H2. The van der Waals surface area contributed by atoms with Gasteiger partial charge in [0.2, 0.25) is 0 Å².